The lowest BCUT2D eigenvalue weighted by atomic mass is 10.2. The number of aromatic nitrogens is 1. The summed E-state index contributed by atoms with van der Waals surface area (Å²) in [7, 11) is 0. The predicted octanol–water partition coefficient (Wildman–Crippen LogP) is 1.78. The Morgan fingerprint density at radius 1 is 1.67 bits per heavy atom. The molecule has 0 N–H and O–H groups in total. The molecule has 1 amide bonds. The topological polar surface area (TPSA) is 33.2 Å². The molecule has 1 aromatic heterocycles. The van der Waals surface area contributed by atoms with Gasteiger partial charge in [-0.25, -0.2) is 4.98 Å². The van der Waals surface area contributed by atoms with Gasteiger partial charge in [-0.05, 0) is 13.3 Å². The monoisotopic (exact) mass is 240 g/mol. The largest absolute Gasteiger partial charge is 0.333 e. The smallest absolute Gasteiger partial charge is 0.266 e. The van der Waals surface area contributed by atoms with Gasteiger partial charge >= 0.3 is 0 Å². The van der Waals surface area contributed by atoms with Crippen molar-refractivity contribution in [3.05, 3.63) is 16.1 Å². The van der Waals surface area contributed by atoms with Crippen molar-refractivity contribution in [3.8, 4) is 0 Å². The number of carbonyl (C=O) groups excluding carboxylic acids is 1. The van der Waals surface area contributed by atoms with Gasteiger partial charge in [0.15, 0.2) is 0 Å². The standard InChI is InChI=1S/C10H12N2OS2/c1-6-9(15-5-11-6)10(13)12-3-8-2-7(12)4-14-8/h5,7-8H,2-4H2,1H3. The molecular weight excluding hydrogens is 228 g/mol. The van der Waals surface area contributed by atoms with E-state index in [4.69, 9.17) is 0 Å². The van der Waals surface area contributed by atoms with Crippen molar-refractivity contribution in [2.24, 2.45) is 0 Å². The van der Waals surface area contributed by atoms with Crippen LogP contribution in [0.1, 0.15) is 21.8 Å². The highest BCUT2D eigenvalue weighted by Gasteiger charge is 2.41. The lowest BCUT2D eigenvalue weighted by Crippen LogP contribution is -2.39. The van der Waals surface area contributed by atoms with Crippen LogP contribution in [0.15, 0.2) is 5.51 Å². The summed E-state index contributed by atoms with van der Waals surface area (Å²) in [4.78, 5) is 19.2. The maximum absolute atomic E-state index is 12.2. The average Bonchev–Trinajstić information content (AvgIpc) is 2.91. The summed E-state index contributed by atoms with van der Waals surface area (Å²) in [6.07, 6.45) is 1.19. The van der Waals surface area contributed by atoms with Crippen LogP contribution >= 0.6 is 23.1 Å². The number of carbonyl (C=O) groups is 1. The van der Waals surface area contributed by atoms with Crippen LogP contribution in [-0.2, 0) is 0 Å². The number of rotatable bonds is 1. The van der Waals surface area contributed by atoms with Gasteiger partial charge in [-0.2, -0.15) is 11.8 Å². The molecule has 3 nitrogen and oxygen atoms in total. The second-order valence-corrected chi connectivity index (χ2v) is 6.26. The Morgan fingerprint density at radius 2 is 2.53 bits per heavy atom. The molecule has 15 heavy (non-hydrogen) atoms. The fourth-order valence-electron chi connectivity index (χ4n) is 2.29. The highest BCUT2D eigenvalue weighted by Crippen LogP contribution is 2.38. The summed E-state index contributed by atoms with van der Waals surface area (Å²) in [5, 5.41) is 0.687. The third kappa shape index (κ3) is 1.49. The van der Waals surface area contributed by atoms with E-state index >= 15 is 0 Å². The molecule has 80 valence electrons. The molecule has 0 aliphatic carbocycles. The van der Waals surface area contributed by atoms with Crippen LogP contribution in [-0.4, -0.2) is 39.4 Å². The zero-order valence-electron chi connectivity index (χ0n) is 8.47. The maximum Gasteiger partial charge on any atom is 0.266 e. The van der Waals surface area contributed by atoms with E-state index in [1.807, 2.05) is 23.6 Å². The maximum atomic E-state index is 12.2. The second kappa shape index (κ2) is 3.49. The Labute approximate surface area is 96.9 Å². The number of likely N-dealkylation sites (tertiary alicyclic amines) is 1. The fourth-order valence-corrected chi connectivity index (χ4v) is 4.48. The summed E-state index contributed by atoms with van der Waals surface area (Å²) in [6, 6.07) is 0.481. The van der Waals surface area contributed by atoms with E-state index in [0.717, 1.165) is 22.9 Å². The Morgan fingerprint density at radius 3 is 3.07 bits per heavy atom. The van der Waals surface area contributed by atoms with E-state index in [1.165, 1.54) is 17.8 Å². The van der Waals surface area contributed by atoms with E-state index in [1.54, 1.807) is 5.51 Å². The molecule has 2 aliphatic heterocycles. The molecule has 0 spiro atoms. The van der Waals surface area contributed by atoms with Gasteiger partial charge in [0, 0.05) is 23.6 Å². The quantitative estimate of drug-likeness (QED) is 0.750. The van der Waals surface area contributed by atoms with Crippen LogP contribution in [0.25, 0.3) is 0 Å². The molecule has 2 bridgehead atoms. The molecule has 3 heterocycles. The van der Waals surface area contributed by atoms with Gasteiger partial charge in [0.05, 0.1) is 11.2 Å². The Kier molecular flexibility index (Phi) is 2.25. The second-order valence-electron chi connectivity index (χ2n) is 4.07. The van der Waals surface area contributed by atoms with Crippen molar-refractivity contribution in [1.82, 2.24) is 9.88 Å². The van der Waals surface area contributed by atoms with Crippen molar-refractivity contribution in [2.45, 2.75) is 24.6 Å². The molecular formula is C10H12N2OS2. The van der Waals surface area contributed by atoms with E-state index in [-0.39, 0.29) is 5.91 Å². The molecule has 2 fully saturated rings. The molecule has 2 unspecified atom stereocenters. The minimum atomic E-state index is 0.197. The van der Waals surface area contributed by atoms with Gasteiger partial charge in [0.1, 0.15) is 4.88 Å². The summed E-state index contributed by atoms with van der Waals surface area (Å²) in [6.45, 7) is 2.85. The number of aryl methyl sites for hydroxylation is 1. The van der Waals surface area contributed by atoms with Crippen LogP contribution < -0.4 is 0 Å². The zero-order valence-corrected chi connectivity index (χ0v) is 10.1. The van der Waals surface area contributed by atoms with Gasteiger partial charge in [-0.15, -0.1) is 11.3 Å². The average molecular weight is 240 g/mol. The van der Waals surface area contributed by atoms with E-state index in [2.05, 4.69) is 4.98 Å². The number of hydrogen-bond acceptors (Lipinski definition) is 4. The van der Waals surface area contributed by atoms with E-state index in [9.17, 15) is 4.79 Å². The van der Waals surface area contributed by atoms with Crippen molar-refractivity contribution >= 4 is 29.0 Å². The number of thioether (sulfide) groups is 1. The molecule has 5 heteroatoms. The highest BCUT2D eigenvalue weighted by molar-refractivity contribution is 8.00. The van der Waals surface area contributed by atoms with Gasteiger partial charge < -0.3 is 4.90 Å². The first kappa shape index (κ1) is 9.66. The summed E-state index contributed by atoms with van der Waals surface area (Å²) < 4.78 is 0. The summed E-state index contributed by atoms with van der Waals surface area (Å²) >= 11 is 3.47. The molecule has 0 saturated carbocycles. The molecule has 2 aliphatic rings. The van der Waals surface area contributed by atoms with E-state index in [0.29, 0.717) is 11.3 Å². The van der Waals surface area contributed by atoms with Crippen LogP contribution in [0, 0.1) is 6.92 Å². The first-order chi connectivity index (χ1) is 7.25. The van der Waals surface area contributed by atoms with Crippen molar-refractivity contribution < 1.29 is 4.79 Å². The SMILES string of the molecule is Cc1ncsc1C(=O)N1CC2CC1CS2. The van der Waals surface area contributed by atoms with Gasteiger partial charge in [0.25, 0.3) is 5.91 Å². The molecule has 3 rings (SSSR count). The lowest BCUT2D eigenvalue weighted by molar-refractivity contribution is 0.0751. The van der Waals surface area contributed by atoms with Crippen molar-refractivity contribution in [1.29, 1.82) is 0 Å². The van der Waals surface area contributed by atoms with Gasteiger partial charge in [0.2, 0.25) is 0 Å². The number of hydrogen-bond donors (Lipinski definition) is 0. The lowest BCUT2D eigenvalue weighted by Gasteiger charge is -2.26. The third-order valence-corrected chi connectivity index (χ3v) is 5.41. The first-order valence-electron chi connectivity index (χ1n) is 5.08. The normalized spacial score (nSPS) is 28.7. The summed E-state index contributed by atoms with van der Waals surface area (Å²) in [5.41, 5.74) is 2.63. The molecule has 2 saturated heterocycles. The Balaban J connectivity index is 1.84. The highest BCUT2D eigenvalue weighted by atomic mass is 32.2. The zero-order chi connectivity index (χ0) is 10.4. The van der Waals surface area contributed by atoms with Crippen molar-refractivity contribution in [3.63, 3.8) is 0 Å². The van der Waals surface area contributed by atoms with Crippen LogP contribution in [0.3, 0.4) is 0 Å². The number of nitrogens with zero attached hydrogens (tertiary/aromatic N) is 2. The van der Waals surface area contributed by atoms with Gasteiger partial charge in [-0.1, -0.05) is 0 Å². The van der Waals surface area contributed by atoms with E-state index < -0.39 is 0 Å². The number of amides is 1. The summed E-state index contributed by atoms with van der Waals surface area (Å²) in [5.74, 6) is 1.32. The van der Waals surface area contributed by atoms with Crippen LogP contribution in [0.2, 0.25) is 0 Å². The van der Waals surface area contributed by atoms with Crippen molar-refractivity contribution in [2.75, 3.05) is 12.3 Å². The fraction of sp³-hybridized carbons (Fsp3) is 0.600. The van der Waals surface area contributed by atoms with Crippen LogP contribution in [0.4, 0.5) is 0 Å². The molecule has 0 aromatic carbocycles. The first-order valence-corrected chi connectivity index (χ1v) is 7.01. The molecule has 2 atom stereocenters. The number of thiazole rings is 1. The minimum absolute atomic E-state index is 0.197. The van der Waals surface area contributed by atoms with Crippen LogP contribution in [0.5, 0.6) is 0 Å². The molecule has 1 aromatic rings. The third-order valence-electron chi connectivity index (χ3n) is 3.10. The van der Waals surface area contributed by atoms with Gasteiger partial charge in [-0.3, -0.25) is 4.79 Å². The Hall–Kier alpha value is -0.550. The Bertz CT molecular complexity index is 404. The predicted molar refractivity (Wildman–Crippen MR) is 62.5 cm³/mol. The minimum Gasteiger partial charge on any atom is -0.333 e. The number of fused-ring (bicyclic) bond motifs is 2. The molecule has 0 radical (unpaired) electrons.